The zero-order valence-electron chi connectivity index (χ0n) is 16.0. The van der Waals surface area contributed by atoms with Crippen LogP contribution in [0.3, 0.4) is 0 Å². The third kappa shape index (κ3) is 2.81. The number of carbonyl (C=O) groups excluding carboxylic acids is 1. The van der Waals surface area contributed by atoms with Crippen LogP contribution >= 0.6 is 0 Å². The Morgan fingerprint density at radius 1 is 1.17 bits per heavy atom. The summed E-state index contributed by atoms with van der Waals surface area (Å²) in [5.41, 5.74) is 4.94. The summed E-state index contributed by atoms with van der Waals surface area (Å²) in [5, 5.41) is 0.816. The molecule has 0 bridgehead atoms. The Bertz CT molecular complexity index is 1300. The molecule has 1 aromatic carbocycles. The standard InChI is InChI=1S/C22H19N3O4/c1-28-16(26)11-25-12-23-19-17-14-9-5-6-10-15(14)18(13-7-3-2-4-8-13)24-21(17)29-20(19)22(25)27/h2-4,7-8,12H,5-6,9-11H2,1H3. The monoisotopic (exact) mass is 389 g/mol. The van der Waals surface area contributed by atoms with E-state index in [0.29, 0.717) is 11.2 Å². The lowest BCUT2D eigenvalue weighted by Crippen LogP contribution is -2.24. The maximum Gasteiger partial charge on any atom is 0.325 e. The van der Waals surface area contributed by atoms with Gasteiger partial charge in [0.2, 0.25) is 11.3 Å². The number of nitrogens with zero attached hydrogens (tertiary/aromatic N) is 3. The predicted molar refractivity (Wildman–Crippen MR) is 108 cm³/mol. The zero-order valence-corrected chi connectivity index (χ0v) is 16.0. The summed E-state index contributed by atoms with van der Waals surface area (Å²) in [6, 6.07) is 10.0. The average molecular weight is 389 g/mol. The molecule has 0 N–H and O–H groups in total. The van der Waals surface area contributed by atoms with E-state index in [1.54, 1.807) is 0 Å². The van der Waals surface area contributed by atoms with Gasteiger partial charge >= 0.3 is 5.97 Å². The van der Waals surface area contributed by atoms with E-state index in [-0.39, 0.29) is 12.1 Å². The number of fused-ring (bicyclic) bond motifs is 5. The first-order chi connectivity index (χ1) is 14.2. The smallest absolute Gasteiger partial charge is 0.325 e. The van der Waals surface area contributed by atoms with Crippen LogP contribution < -0.4 is 5.56 Å². The molecule has 3 aromatic heterocycles. The van der Waals surface area contributed by atoms with E-state index in [4.69, 9.17) is 9.40 Å². The minimum absolute atomic E-state index is 0.122. The molecule has 4 aromatic rings. The van der Waals surface area contributed by atoms with Gasteiger partial charge in [-0.2, -0.15) is 0 Å². The molecular formula is C22H19N3O4. The van der Waals surface area contributed by atoms with Crippen LogP contribution in [0.4, 0.5) is 0 Å². The molecule has 1 aliphatic rings. The molecule has 0 amide bonds. The number of rotatable bonds is 3. The van der Waals surface area contributed by atoms with E-state index in [1.807, 2.05) is 30.3 Å². The summed E-state index contributed by atoms with van der Waals surface area (Å²) in [5.74, 6) is -0.522. The van der Waals surface area contributed by atoms with E-state index < -0.39 is 11.5 Å². The van der Waals surface area contributed by atoms with Crippen molar-refractivity contribution in [2.45, 2.75) is 32.2 Å². The largest absolute Gasteiger partial charge is 0.468 e. The molecule has 0 unspecified atom stereocenters. The first kappa shape index (κ1) is 17.6. The topological polar surface area (TPSA) is 87.2 Å². The van der Waals surface area contributed by atoms with E-state index >= 15 is 0 Å². The number of pyridine rings is 1. The molecule has 0 radical (unpaired) electrons. The Balaban J connectivity index is 1.80. The van der Waals surface area contributed by atoms with Crippen molar-refractivity contribution in [3.63, 3.8) is 0 Å². The Morgan fingerprint density at radius 3 is 2.69 bits per heavy atom. The van der Waals surface area contributed by atoms with Gasteiger partial charge < -0.3 is 9.15 Å². The summed E-state index contributed by atoms with van der Waals surface area (Å²) in [4.78, 5) is 33.7. The highest BCUT2D eigenvalue weighted by atomic mass is 16.5. The minimum Gasteiger partial charge on any atom is -0.468 e. The van der Waals surface area contributed by atoms with Crippen LogP contribution in [-0.2, 0) is 28.9 Å². The second-order valence-corrected chi connectivity index (χ2v) is 7.20. The number of aromatic nitrogens is 3. The fourth-order valence-corrected chi connectivity index (χ4v) is 4.10. The molecule has 0 saturated heterocycles. The maximum absolute atomic E-state index is 12.9. The van der Waals surface area contributed by atoms with Gasteiger partial charge in [0.05, 0.1) is 24.5 Å². The minimum atomic E-state index is -0.522. The number of hydrogen-bond acceptors (Lipinski definition) is 6. The summed E-state index contributed by atoms with van der Waals surface area (Å²) in [6.45, 7) is -0.212. The maximum atomic E-state index is 12.9. The molecule has 7 nitrogen and oxygen atoms in total. The molecule has 146 valence electrons. The molecule has 7 heteroatoms. The molecule has 0 spiro atoms. The van der Waals surface area contributed by atoms with Crippen LogP contribution in [0, 0.1) is 0 Å². The van der Waals surface area contributed by atoms with Crippen LogP contribution in [0.15, 0.2) is 45.9 Å². The number of aryl methyl sites for hydroxylation is 1. The molecule has 0 fully saturated rings. The van der Waals surface area contributed by atoms with E-state index in [1.165, 1.54) is 23.6 Å². The summed E-state index contributed by atoms with van der Waals surface area (Å²) in [6.07, 6.45) is 5.39. The lowest BCUT2D eigenvalue weighted by Gasteiger charge is -2.19. The average Bonchev–Trinajstić information content (AvgIpc) is 3.15. The molecular weight excluding hydrogens is 370 g/mol. The van der Waals surface area contributed by atoms with Crippen molar-refractivity contribution in [3.05, 3.63) is 58.1 Å². The van der Waals surface area contributed by atoms with Gasteiger partial charge in [0, 0.05) is 5.56 Å². The summed E-state index contributed by atoms with van der Waals surface area (Å²) >= 11 is 0. The summed E-state index contributed by atoms with van der Waals surface area (Å²) in [7, 11) is 1.28. The molecule has 29 heavy (non-hydrogen) atoms. The third-order valence-electron chi connectivity index (χ3n) is 5.49. The van der Waals surface area contributed by atoms with Gasteiger partial charge in [-0.15, -0.1) is 0 Å². The van der Waals surface area contributed by atoms with Crippen LogP contribution in [0.25, 0.3) is 33.5 Å². The van der Waals surface area contributed by atoms with Gasteiger partial charge in [-0.05, 0) is 36.8 Å². The second-order valence-electron chi connectivity index (χ2n) is 7.20. The van der Waals surface area contributed by atoms with Crippen molar-refractivity contribution < 1.29 is 13.9 Å². The quantitative estimate of drug-likeness (QED) is 0.500. The molecule has 0 atom stereocenters. The third-order valence-corrected chi connectivity index (χ3v) is 5.49. The Morgan fingerprint density at radius 2 is 1.93 bits per heavy atom. The van der Waals surface area contributed by atoms with Gasteiger partial charge in [-0.3, -0.25) is 14.2 Å². The summed E-state index contributed by atoms with van der Waals surface area (Å²) < 4.78 is 11.8. The van der Waals surface area contributed by atoms with Crippen molar-refractivity contribution in [3.8, 4) is 11.3 Å². The first-order valence-electron chi connectivity index (χ1n) is 9.63. The Kier molecular flexibility index (Phi) is 4.16. The van der Waals surface area contributed by atoms with E-state index in [2.05, 4.69) is 9.72 Å². The molecule has 0 saturated carbocycles. The number of methoxy groups -OCH3 is 1. The van der Waals surface area contributed by atoms with Crippen LogP contribution in [0.2, 0.25) is 0 Å². The van der Waals surface area contributed by atoms with Crippen molar-refractivity contribution in [2.75, 3.05) is 7.11 Å². The Hall–Kier alpha value is -3.48. The van der Waals surface area contributed by atoms with Gasteiger partial charge in [-0.1, -0.05) is 30.3 Å². The van der Waals surface area contributed by atoms with Crippen molar-refractivity contribution in [1.29, 1.82) is 0 Å². The SMILES string of the molecule is COC(=O)Cn1cnc2c(oc3nc(-c4ccccc4)c4c(c32)CCCC4)c1=O. The highest BCUT2D eigenvalue weighted by Gasteiger charge is 2.25. The lowest BCUT2D eigenvalue weighted by molar-refractivity contribution is -0.141. The molecule has 5 rings (SSSR count). The molecule has 3 heterocycles. The number of ether oxygens (including phenoxy) is 1. The van der Waals surface area contributed by atoms with Gasteiger partial charge in [0.1, 0.15) is 12.1 Å². The highest BCUT2D eigenvalue weighted by molar-refractivity contribution is 6.04. The molecule has 1 aliphatic carbocycles. The zero-order chi connectivity index (χ0) is 20.0. The van der Waals surface area contributed by atoms with Crippen molar-refractivity contribution in [2.24, 2.45) is 0 Å². The Labute approximate surface area is 166 Å². The van der Waals surface area contributed by atoms with Crippen molar-refractivity contribution >= 4 is 28.2 Å². The fourth-order valence-electron chi connectivity index (χ4n) is 4.10. The number of carbonyl (C=O) groups is 1. The number of benzene rings is 1. The highest BCUT2D eigenvalue weighted by Crippen LogP contribution is 2.38. The van der Waals surface area contributed by atoms with Crippen LogP contribution in [0.5, 0.6) is 0 Å². The predicted octanol–water partition coefficient (Wildman–Crippen LogP) is 3.26. The fraction of sp³-hybridized carbons (Fsp3) is 0.273. The normalized spacial score (nSPS) is 13.6. The van der Waals surface area contributed by atoms with E-state index in [9.17, 15) is 9.59 Å². The van der Waals surface area contributed by atoms with Gasteiger partial charge in [0.15, 0.2) is 0 Å². The lowest BCUT2D eigenvalue weighted by atomic mass is 9.87. The van der Waals surface area contributed by atoms with Crippen LogP contribution in [-0.4, -0.2) is 27.6 Å². The number of esters is 1. The van der Waals surface area contributed by atoms with Gasteiger partial charge in [0.25, 0.3) is 5.56 Å². The first-order valence-corrected chi connectivity index (χ1v) is 9.63. The number of furan rings is 1. The second kappa shape index (κ2) is 6.84. The van der Waals surface area contributed by atoms with E-state index in [0.717, 1.165) is 47.9 Å². The van der Waals surface area contributed by atoms with Crippen molar-refractivity contribution in [1.82, 2.24) is 14.5 Å². The van der Waals surface area contributed by atoms with Crippen LogP contribution in [0.1, 0.15) is 24.0 Å². The van der Waals surface area contributed by atoms with Gasteiger partial charge in [-0.25, -0.2) is 9.97 Å². The number of hydrogen-bond donors (Lipinski definition) is 0. The molecule has 0 aliphatic heterocycles.